The van der Waals surface area contributed by atoms with Crippen molar-refractivity contribution in [3.05, 3.63) is 18.3 Å². The first-order chi connectivity index (χ1) is 8.93. The largest absolute Gasteiger partial charge is 0.393 e. The van der Waals surface area contributed by atoms with Crippen LogP contribution in [0.4, 0.5) is 0 Å². The van der Waals surface area contributed by atoms with Crippen LogP contribution in [0.1, 0.15) is 38.5 Å². The van der Waals surface area contributed by atoms with E-state index in [9.17, 15) is 0 Å². The van der Waals surface area contributed by atoms with Crippen LogP contribution in [0.15, 0.2) is 18.3 Å². The van der Waals surface area contributed by atoms with E-state index < -0.39 is 0 Å². The van der Waals surface area contributed by atoms with Crippen molar-refractivity contribution in [3.8, 4) is 0 Å². The van der Waals surface area contributed by atoms with E-state index in [2.05, 4.69) is 15.3 Å². The molecule has 2 heterocycles. The smallest absolute Gasteiger partial charge is 0.219 e. The molecular formula is C13H18N4O. The second kappa shape index (κ2) is 5.33. The summed E-state index contributed by atoms with van der Waals surface area (Å²) < 4.78 is 0. The maximum absolute atomic E-state index is 5.73. The van der Waals surface area contributed by atoms with Crippen molar-refractivity contribution in [1.29, 1.82) is 0 Å². The first-order valence-electron chi connectivity index (χ1n) is 6.73. The molecule has 1 aliphatic rings. The number of fused-ring (bicyclic) bond motifs is 1. The van der Waals surface area contributed by atoms with Gasteiger partial charge in [0.1, 0.15) is 12.1 Å². The molecule has 18 heavy (non-hydrogen) atoms. The Kier molecular flexibility index (Phi) is 3.39. The molecule has 1 aliphatic carbocycles. The first kappa shape index (κ1) is 11.4. The van der Waals surface area contributed by atoms with Crippen LogP contribution < -0.4 is 4.84 Å². The Morgan fingerprint density at radius 2 is 2.06 bits per heavy atom. The third-order valence-electron chi connectivity index (χ3n) is 3.59. The van der Waals surface area contributed by atoms with E-state index in [1.165, 1.54) is 43.4 Å². The Labute approximate surface area is 106 Å². The van der Waals surface area contributed by atoms with Gasteiger partial charge in [0.2, 0.25) is 5.65 Å². The van der Waals surface area contributed by atoms with Gasteiger partial charge >= 0.3 is 0 Å². The highest BCUT2D eigenvalue weighted by atomic mass is 16.7. The zero-order chi connectivity index (χ0) is 12.2. The summed E-state index contributed by atoms with van der Waals surface area (Å²) in [5.41, 5.74) is 1.48. The lowest BCUT2D eigenvalue weighted by molar-refractivity contribution is 0.0556. The molecule has 0 saturated heterocycles. The first-order valence-corrected chi connectivity index (χ1v) is 6.73. The lowest BCUT2D eigenvalue weighted by atomic mass is 10.0. The van der Waals surface area contributed by atoms with Crippen LogP contribution in [0.3, 0.4) is 0 Å². The van der Waals surface area contributed by atoms with Gasteiger partial charge < -0.3 is 4.84 Å². The molecule has 0 N–H and O–H groups in total. The number of hydrogen-bond donors (Lipinski definition) is 0. The predicted molar refractivity (Wildman–Crippen MR) is 68.0 cm³/mol. The molecule has 2 aromatic heterocycles. The van der Waals surface area contributed by atoms with Crippen LogP contribution in [-0.2, 0) is 0 Å². The fourth-order valence-electron chi connectivity index (χ4n) is 2.54. The van der Waals surface area contributed by atoms with Gasteiger partial charge in [-0.3, -0.25) is 0 Å². The summed E-state index contributed by atoms with van der Waals surface area (Å²) in [6.07, 6.45) is 9.64. The summed E-state index contributed by atoms with van der Waals surface area (Å²) in [6.45, 7) is 0.717. The van der Waals surface area contributed by atoms with E-state index >= 15 is 0 Å². The highest BCUT2D eigenvalue weighted by Gasteiger charge is 2.14. The molecule has 1 fully saturated rings. The van der Waals surface area contributed by atoms with Crippen molar-refractivity contribution in [2.24, 2.45) is 5.92 Å². The zero-order valence-corrected chi connectivity index (χ0v) is 10.5. The predicted octanol–water partition coefficient (Wildman–Crippen LogP) is 2.23. The Morgan fingerprint density at radius 1 is 1.22 bits per heavy atom. The molecule has 0 amide bonds. The highest BCUT2D eigenvalue weighted by molar-refractivity contribution is 5.68. The molecule has 0 radical (unpaired) electrons. The zero-order valence-electron chi connectivity index (χ0n) is 10.5. The maximum atomic E-state index is 5.73. The average Bonchev–Trinajstić information content (AvgIpc) is 2.64. The van der Waals surface area contributed by atoms with Crippen LogP contribution in [0.25, 0.3) is 11.2 Å². The summed E-state index contributed by atoms with van der Waals surface area (Å²) in [7, 11) is 0. The van der Waals surface area contributed by atoms with Crippen LogP contribution >= 0.6 is 0 Å². The van der Waals surface area contributed by atoms with Gasteiger partial charge in [-0.1, -0.05) is 30.5 Å². The average molecular weight is 246 g/mol. The van der Waals surface area contributed by atoms with Crippen molar-refractivity contribution in [1.82, 2.24) is 20.1 Å². The van der Waals surface area contributed by atoms with Crippen molar-refractivity contribution >= 4 is 11.2 Å². The number of nitrogens with zero attached hydrogens (tertiary/aromatic N) is 4. The topological polar surface area (TPSA) is 52.8 Å². The molecule has 3 rings (SSSR count). The molecule has 5 nitrogen and oxygen atoms in total. The second-order valence-electron chi connectivity index (χ2n) is 4.96. The lowest BCUT2D eigenvalue weighted by Gasteiger charge is -2.13. The summed E-state index contributed by atoms with van der Waals surface area (Å²) >= 11 is 0. The Morgan fingerprint density at radius 3 is 2.89 bits per heavy atom. The monoisotopic (exact) mass is 246 g/mol. The molecule has 0 aromatic carbocycles. The van der Waals surface area contributed by atoms with E-state index in [-0.39, 0.29) is 0 Å². The normalized spacial score (nSPS) is 17.8. The van der Waals surface area contributed by atoms with Crippen LogP contribution in [0, 0.1) is 5.92 Å². The molecule has 0 aliphatic heterocycles. The number of pyridine rings is 1. The molecule has 96 valence electrons. The molecule has 0 spiro atoms. The minimum atomic E-state index is 0.649. The van der Waals surface area contributed by atoms with Crippen molar-refractivity contribution in [3.63, 3.8) is 0 Å². The van der Waals surface area contributed by atoms with Gasteiger partial charge in [-0.2, -0.15) is 0 Å². The Hall–Kier alpha value is -1.65. The van der Waals surface area contributed by atoms with E-state index in [0.717, 1.165) is 12.1 Å². The summed E-state index contributed by atoms with van der Waals surface area (Å²) in [5, 5.41) is 8.01. The van der Waals surface area contributed by atoms with Crippen molar-refractivity contribution < 1.29 is 4.84 Å². The van der Waals surface area contributed by atoms with E-state index in [0.29, 0.717) is 11.6 Å². The molecule has 2 aromatic rings. The number of aromatic nitrogens is 4. The van der Waals surface area contributed by atoms with E-state index in [4.69, 9.17) is 4.84 Å². The summed E-state index contributed by atoms with van der Waals surface area (Å²) in [4.78, 5) is 11.4. The molecular weight excluding hydrogens is 228 g/mol. The van der Waals surface area contributed by atoms with E-state index in [1.807, 2.05) is 12.1 Å². The highest BCUT2D eigenvalue weighted by Crippen LogP contribution is 2.22. The van der Waals surface area contributed by atoms with Gasteiger partial charge in [0.15, 0.2) is 0 Å². The van der Waals surface area contributed by atoms with Crippen molar-refractivity contribution in [2.75, 3.05) is 6.61 Å². The van der Waals surface area contributed by atoms with Crippen LogP contribution in [0.5, 0.6) is 0 Å². The van der Waals surface area contributed by atoms with Crippen molar-refractivity contribution in [2.45, 2.75) is 38.5 Å². The minimum absolute atomic E-state index is 0.649. The summed E-state index contributed by atoms with van der Waals surface area (Å²) in [6, 6.07) is 3.74. The molecule has 5 heteroatoms. The molecule has 0 unspecified atom stereocenters. The fourth-order valence-corrected chi connectivity index (χ4v) is 2.54. The third kappa shape index (κ3) is 2.44. The Bertz CT molecular complexity index is 502. The SMILES string of the molecule is c1cnc2c(c1)nnn2OCC1CCCCCC1. The van der Waals surface area contributed by atoms with Gasteiger partial charge in [0.05, 0.1) is 0 Å². The maximum Gasteiger partial charge on any atom is 0.219 e. The van der Waals surface area contributed by atoms with Crippen LogP contribution in [0.2, 0.25) is 0 Å². The summed E-state index contributed by atoms with van der Waals surface area (Å²) in [5.74, 6) is 0.649. The van der Waals surface area contributed by atoms with Crippen LogP contribution in [-0.4, -0.2) is 26.7 Å². The van der Waals surface area contributed by atoms with Gasteiger partial charge in [-0.05, 0) is 36.1 Å². The lowest BCUT2D eigenvalue weighted by Crippen LogP contribution is -2.21. The van der Waals surface area contributed by atoms with Gasteiger partial charge in [0, 0.05) is 6.20 Å². The molecule has 0 bridgehead atoms. The van der Waals surface area contributed by atoms with Gasteiger partial charge in [-0.15, -0.1) is 5.10 Å². The second-order valence-corrected chi connectivity index (χ2v) is 4.96. The molecule has 1 saturated carbocycles. The van der Waals surface area contributed by atoms with Gasteiger partial charge in [-0.25, -0.2) is 4.98 Å². The quantitative estimate of drug-likeness (QED) is 0.779. The fraction of sp³-hybridized carbons (Fsp3) is 0.615. The third-order valence-corrected chi connectivity index (χ3v) is 3.59. The minimum Gasteiger partial charge on any atom is -0.393 e. The number of rotatable bonds is 3. The van der Waals surface area contributed by atoms with E-state index in [1.54, 1.807) is 6.20 Å². The standard InChI is InChI=1S/C13H18N4O/c1-2-4-7-11(6-3-1)10-18-17-13-12(15-16-17)8-5-9-14-13/h5,8-9,11H,1-4,6-7,10H2. The number of hydrogen-bond acceptors (Lipinski definition) is 4. The molecule has 0 atom stereocenters. The Balaban J connectivity index is 1.65. The van der Waals surface area contributed by atoms with Gasteiger partial charge in [0.25, 0.3) is 0 Å².